The molecule has 0 saturated heterocycles. The van der Waals surface area contributed by atoms with E-state index < -0.39 is 0 Å². The Balaban J connectivity index is 1.44. The van der Waals surface area contributed by atoms with Gasteiger partial charge in [0.2, 0.25) is 17.0 Å². The third-order valence-corrected chi connectivity index (χ3v) is 4.68. The lowest BCUT2D eigenvalue weighted by atomic mass is 10.2. The first-order valence-corrected chi connectivity index (χ1v) is 9.11. The van der Waals surface area contributed by atoms with Crippen molar-refractivity contribution in [3.8, 4) is 5.75 Å². The maximum absolute atomic E-state index is 11.9. The van der Waals surface area contributed by atoms with E-state index in [9.17, 15) is 9.90 Å². The number of aromatic nitrogens is 3. The molecule has 0 atom stereocenters. The normalized spacial score (nSPS) is 14.9. The molecular formula is C16H20N6O2S. The highest BCUT2D eigenvalue weighted by molar-refractivity contribution is 7.99. The Labute approximate surface area is 149 Å². The Bertz CT molecular complexity index is 742. The van der Waals surface area contributed by atoms with Crippen LogP contribution in [-0.2, 0) is 4.79 Å². The van der Waals surface area contributed by atoms with Gasteiger partial charge < -0.3 is 10.4 Å². The average Bonchev–Trinajstić information content (AvgIpc) is 3.27. The maximum atomic E-state index is 11.9. The van der Waals surface area contributed by atoms with Crippen LogP contribution in [0.5, 0.6) is 5.75 Å². The second kappa shape index (κ2) is 8.52. The van der Waals surface area contributed by atoms with Gasteiger partial charge in [0.15, 0.2) is 0 Å². The molecule has 1 saturated carbocycles. The molecule has 1 amide bonds. The van der Waals surface area contributed by atoms with Crippen LogP contribution in [0.15, 0.2) is 34.5 Å². The van der Waals surface area contributed by atoms with Crippen LogP contribution in [0.3, 0.4) is 0 Å². The smallest absolute Gasteiger partial charge is 0.240 e. The molecule has 1 fully saturated rings. The fraction of sp³-hybridized carbons (Fsp3) is 0.375. The number of phenols is 1. The van der Waals surface area contributed by atoms with Gasteiger partial charge in [-0.2, -0.15) is 10.1 Å². The van der Waals surface area contributed by atoms with Crippen LogP contribution in [0.2, 0.25) is 0 Å². The summed E-state index contributed by atoms with van der Waals surface area (Å²) in [4.78, 5) is 16.1. The highest BCUT2D eigenvalue weighted by Gasteiger charge is 2.17. The summed E-state index contributed by atoms with van der Waals surface area (Å²) >= 11 is 1.27. The van der Waals surface area contributed by atoms with Gasteiger partial charge in [-0.3, -0.25) is 4.79 Å². The summed E-state index contributed by atoms with van der Waals surface area (Å²) in [7, 11) is 0. The molecule has 0 bridgehead atoms. The number of para-hydroxylation sites is 1. The number of hydrogen-bond donors (Lipinski definition) is 4. The maximum Gasteiger partial charge on any atom is 0.240 e. The quantitative estimate of drug-likeness (QED) is 0.341. The van der Waals surface area contributed by atoms with Gasteiger partial charge in [0.25, 0.3) is 0 Å². The second-order valence-corrected chi connectivity index (χ2v) is 6.68. The van der Waals surface area contributed by atoms with Gasteiger partial charge in [0, 0.05) is 11.6 Å². The third-order valence-electron chi connectivity index (χ3n) is 3.83. The molecule has 3 rings (SSSR count). The minimum Gasteiger partial charge on any atom is -0.507 e. The highest BCUT2D eigenvalue weighted by Crippen LogP contribution is 2.19. The van der Waals surface area contributed by atoms with Crippen LogP contribution in [0.25, 0.3) is 0 Å². The summed E-state index contributed by atoms with van der Waals surface area (Å²) < 4.78 is 0. The molecule has 0 radical (unpaired) electrons. The van der Waals surface area contributed by atoms with Crippen LogP contribution < -0.4 is 10.7 Å². The lowest BCUT2D eigenvalue weighted by molar-refractivity contribution is -0.119. The van der Waals surface area contributed by atoms with Gasteiger partial charge in [-0.1, -0.05) is 36.7 Å². The minimum absolute atomic E-state index is 0.00813. The van der Waals surface area contributed by atoms with Crippen molar-refractivity contribution >= 4 is 29.8 Å². The summed E-state index contributed by atoms with van der Waals surface area (Å²) in [6.07, 6.45) is 6.00. The van der Waals surface area contributed by atoms with E-state index in [1.807, 2.05) is 0 Å². The predicted molar refractivity (Wildman–Crippen MR) is 96.8 cm³/mol. The number of hydrogen-bond acceptors (Lipinski definition) is 7. The van der Waals surface area contributed by atoms with Crippen LogP contribution >= 0.6 is 11.8 Å². The molecule has 4 N–H and O–H groups in total. The lowest BCUT2D eigenvalue weighted by Crippen LogP contribution is -2.33. The van der Waals surface area contributed by atoms with Crippen LogP contribution in [0.1, 0.15) is 31.2 Å². The van der Waals surface area contributed by atoms with Gasteiger partial charge in [-0.05, 0) is 25.0 Å². The molecule has 2 aromatic rings. The number of nitrogens with zero attached hydrogens (tertiary/aromatic N) is 3. The van der Waals surface area contributed by atoms with Crippen LogP contribution in [0.4, 0.5) is 5.95 Å². The Morgan fingerprint density at radius 1 is 1.40 bits per heavy atom. The van der Waals surface area contributed by atoms with Crippen molar-refractivity contribution in [3.05, 3.63) is 29.8 Å². The van der Waals surface area contributed by atoms with E-state index in [0.29, 0.717) is 22.7 Å². The molecule has 0 spiro atoms. The number of carbonyl (C=O) groups excluding carboxylic acids is 1. The number of benzene rings is 1. The number of H-pyrrole nitrogens is 1. The highest BCUT2D eigenvalue weighted by atomic mass is 32.2. The number of aromatic hydroxyl groups is 1. The predicted octanol–water partition coefficient (Wildman–Crippen LogP) is 2.11. The standard InChI is InChI=1S/C16H20N6O2S/c23-13-8-4-1-5-11(13)9-17-20-15-19-16(22-21-15)25-10-14(24)18-12-6-2-3-7-12/h1,4-5,8-9,12,23H,2-3,6-7,10H2,(H,18,24)(H2,19,20,21,22)/b17-9+. The lowest BCUT2D eigenvalue weighted by Gasteiger charge is -2.10. The minimum atomic E-state index is 0.00813. The molecule has 25 heavy (non-hydrogen) atoms. The Morgan fingerprint density at radius 2 is 2.20 bits per heavy atom. The number of aromatic amines is 1. The molecule has 8 nitrogen and oxygen atoms in total. The molecule has 0 unspecified atom stereocenters. The molecule has 1 heterocycles. The van der Waals surface area contributed by atoms with E-state index in [-0.39, 0.29) is 17.4 Å². The van der Waals surface area contributed by atoms with Crippen molar-refractivity contribution in [1.29, 1.82) is 0 Å². The van der Waals surface area contributed by atoms with Gasteiger partial charge in [-0.25, -0.2) is 10.5 Å². The molecule has 132 valence electrons. The van der Waals surface area contributed by atoms with Gasteiger partial charge in [-0.15, -0.1) is 5.10 Å². The zero-order valence-electron chi connectivity index (χ0n) is 13.6. The van der Waals surface area contributed by atoms with Crippen LogP contribution in [0, 0.1) is 0 Å². The Morgan fingerprint density at radius 3 is 3.00 bits per heavy atom. The van der Waals surface area contributed by atoms with Crippen molar-refractivity contribution in [2.24, 2.45) is 5.10 Å². The third kappa shape index (κ3) is 5.21. The Hall–Kier alpha value is -2.55. The zero-order valence-corrected chi connectivity index (χ0v) is 14.4. The first kappa shape index (κ1) is 17.3. The number of phenolic OH excluding ortho intramolecular Hbond substituents is 1. The van der Waals surface area contributed by atoms with Crippen molar-refractivity contribution in [1.82, 2.24) is 20.5 Å². The number of rotatable bonds is 7. The van der Waals surface area contributed by atoms with E-state index in [1.165, 1.54) is 30.8 Å². The van der Waals surface area contributed by atoms with Gasteiger partial charge in [0.05, 0.1) is 12.0 Å². The number of carbonyl (C=O) groups is 1. The molecule has 9 heteroatoms. The molecule has 1 aliphatic carbocycles. The largest absolute Gasteiger partial charge is 0.507 e. The van der Waals surface area contributed by atoms with Gasteiger partial charge >= 0.3 is 0 Å². The Kier molecular flexibility index (Phi) is 5.89. The molecule has 1 aromatic heterocycles. The fourth-order valence-corrected chi connectivity index (χ4v) is 3.20. The first-order chi connectivity index (χ1) is 12.2. The summed E-state index contributed by atoms with van der Waals surface area (Å²) in [6.45, 7) is 0. The number of amides is 1. The van der Waals surface area contributed by atoms with Crippen molar-refractivity contribution in [2.75, 3.05) is 11.2 Å². The molecular weight excluding hydrogens is 340 g/mol. The monoisotopic (exact) mass is 360 g/mol. The van der Waals surface area contributed by atoms with E-state index in [4.69, 9.17) is 0 Å². The summed E-state index contributed by atoms with van der Waals surface area (Å²) in [5.41, 5.74) is 3.29. The number of nitrogens with one attached hydrogen (secondary N) is 3. The zero-order chi connectivity index (χ0) is 17.5. The summed E-state index contributed by atoms with van der Waals surface area (Å²) in [5, 5.41) is 23.9. The second-order valence-electron chi connectivity index (χ2n) is 5.73. The van der Waals surface area contributed by atoms with E-state index in [1.54, 1.807) is 24.3 Å². The first-order valence-electron chi connectivity index (χ1n) is 8.12. The average molecular weight is 360 g/mol. The summed E-state index contributed by atoms with van der Waals surface area (Å²) in [5.74, 6) is 0.809. The number of thioether (sulfide) groups is 1. The number of hydrazone groups is 1. The van der Waals surface area contributed by atoms with Crippen molar-refractivity contribution < 1.29 is 9.90 Å². The fourth-order valence-electron chi connectivity index (χ4n) is 2.59. The molecule has 1 aliphatic rings. The topological polar surface area (TPSA) is 115 Å². The van der Waals surface area contributed by atoms with E-state index in [0.717, 1.165) is 12.8 Å². The molecule has 1 aromatic carbocycles. The SMILES string of the molecule is O=C(CSc1n[nH]c(N/N=C/c2ccccc2O)n1)NC1CCCC1. The molecule has 0 aliphatic heterocycles. The number of anilines is 1. The van der Waals surface area contributed by atoms with E-state index >= 15 is 0 Å². The van der Waals surface area contributed by atoms with E-state index in [2.05, 4.69) is 31.0 Å². The van der Waals surface area contributed by atoms with Crippen molar-refractivity contribution in [2.45, 2.75) is 36.9 Å². The van der Waals surface area contributed by atoms with Crippen molar-refractivity contribution in [3.63, 3.8) is 0 Å². The van der Waals surface area contributed by atoms with Gasteiger partial charge in [0.1, 0.15) is 5.75 Å². The van der Waals surface area contributed by atoms with Crippen LogP contribution in [-0.4, -0.2) is 44.2 Å². The summed E-state index contributed by atoms with van der Waals surface area (Å²) in [6, 6.07) is 7.19.